The summed E-state index contributed by atoms with van der Waals surface area (Å²) < 4.78 is 0. The highest BCUT2D eigenvalue weighted by atomic mass is 28.1. The van der Waals surface area contributed by atoms with E-state index >= 15 is 0 Å². The van der Waals surface area contributed by atoms with Gasteiger partial charge in [-0.15, -0.1) is 0 Å². The van der Waals surface area contributed by atoms with Crippen LogP contribution < -0.4 is 5.45 Å². The zero-order chi connectivity index (χ0) is 9.97. The predicted octanol–water partition coefficient (Wildman–Crippen LogP) is -0.500. The smallest absolute Gasteiger partial charge is 0.173 e. The van der Waals surface area contributed by atoms with Gasteiger partial charge in [0, 0.05) is 6.20 Å². The van der Waals surface area contributed by atoms with Crippen LogP contribution in [0.5, 0.6) is 0 Å². The molecule has 4 nitrogen and oxygen atoms in total. The van der Waals surface area contributed by atoms with Crippen molar-refractivity contribution < 1.29 is 0 Å². The highest BCUT2D eigenvalue weighted by molar-refractivity contribution is 6.29. The van der Waals surface area contributed by atoms with Gasteiger partial charge in [-0.2, -0.15) is 5.10 Å². The van der Waals surface area contributed by atoms with Crippen LogP contribution in [0.2, 0.25) is 0 Å². The van der Waals surface area contributed by atoms with Gasteiger partial charge in [0.05, 0.1) is 10.2 Å². The highest BCUT2D eigenvalue weighted by Gasteiger charge is 2.02. The van der Waals surface area contributed by atoms with E-state index in [0.717, 1.165) is 32.8 Å². The van der Waals surface area contributed by atoms with Crippen molar-refractivity contribution in [2.75, 3.05) is 0 Å². The molecule has 5 heteroatoms. The maximum absolute atomic E-state index is 4.24. The Bertz CT molecular complexity index is 446. The van der Waals surface area contributed by atoms with Crippen LogP contribution in [0, 0.1) is 0 Å². The average Bonchev–Trinajstić information content (AvgIpc) is 2.65. The molecule has 14 heavy (non-hydrogen) atoms. The molecule has 2 heterocycles. The van der Waals surface area contributed by atoms with Crippen LogP contribution >= 0.6 is 0 Å². The largest absolute Gasteiger partial charge is 0.258 e. The molecule has 70 valence electrons. The maximum atomic E-state index is 4.24. The van der Waals surface area contributed by atoms with E-state index in [1.54, 1.807) is 12.3 Å². The molecule has 0 spiro atoms. The second-order valence-corrected chi connectivity index (χ2v) is 3.81. The van der Waals surface area contributed by atoms with Crippen molar-refractivity contribution in [3.63, 3.8) is 0 Å². The molecule has 0 aliphatic rings. The SMILES string of the molecule is C=Cc1ccc(-c2nc([SiH3])n[nH]2)nc1. The fraction of sp³-hybridized carbons (Fsp3) is 0. The molecule has 0 aliphatic carbocycles. The van der Waals surface area contributed by atoms with Gasteiger partial charge in [0.1, 0.15) is 11.1 Å². The molecule has 0 saturated heterocycles. The first kappa shape index (κ1) is 8.83. The third kappa shape index (κ3) is 1.62. The van der Waals surface area contributed by atoms with Gasteiger partial charge in [-0.05, 0) is 11.6 Å². The van der Waals surface area contributed by atoms with E-state index in [0.29, 0.717) is 0 Å². The summed E-state index contributed by atoms with van der Waals surface area (Å²) in [5, 5.41) is 6.85. The van der Waals surface area contributed by atoms with Crippen LogP contribution in [-0.4, -0.2) is 30.4 Å². The predicted molar refractivity (Wildman–Crippen MR) is 59.3 cm³/mol. The summed E-state index contributed by atoms with van der Waals surface area (Å²) in [4.78, 5) is 8.49. The van der Waals surface area contributed by atoms with Gasteiger partial charge >= 0.3 is 0 Å². The van der Waals surface area contributed by atoms with Gasteiger partial charge in [-0.3, -0.25) is 10.1 Å². The van der Waals surface area contributed by atoms with Crippen LogP contribution in [0.4, 0.5) is 0 Å². The highest BCUT2D eigenvalue weighted by Crippen LogP contribution is 2.10. The molecule has 0 unspecified atom stereocenters. The van der Waals surface area contributed by atoms with Crippen LogP contribution in [0.25, 0.3) is 17.6 Å². The maximum Gasteiger partial charge on any atom is 0.173 e. The molecule has 0 saturated carbocycles. The summed E-state index contributed by atoms with van der Waals surface area (Å²) in [5.41, 5.74) is 2.67. The van der Waals surface area contributed by atoms with Gasteiger partial charge in [0.2, 0.25) is 0 Å². The first-order valence-corrected chi connectivity index (χ1v) is 5.27. The van der Waals surface area contributed by atoms with Crippen molar-refractivity contribution in [1.29, 1.82) is 0 Å². The minimum atomic E-state index is 0.727. The summed E-state index contributed by atoms with van der Waals surface area (Å²) in [6.45, 7) is 3.67. The number of nitrogens with zero attached hydrogens (tertiary/aromatic N) is 3. The molecular weight excluding hydrogens is 192 g/mol. The monoisotopic (exact) mass is 202 g/mol. The second kappa shape index (κ2) is 3.55. The minimum absolute atomic E-state index is 0.727. The lowest BCUT2D eigenvalue weighted by atomic mass is 10.2. The number of hydrogen-bond donors (Lipinski definition) is 1. The molecule has 0 radical (unpaired) electrons. The van der Waals surface area contributed by atoms with Gasteiger partial charge in [0.25, 0.3) is 0 Å². The molecule has 0 amide bonds. The number of aromatic amines is 1. The van der Waals surface area contributed by atoms with E-state index in [2.05, 4.69) is 26.7 Å². The van der Waals surface area contributed by atoms with E-state index in [9.17, 15) is 0 Å². The van der Waals surface area contributed by atoms with Crippen LogP contribution in [0.3, 0.4) is 0 Å². The molecule has 0 bridgehead atoms. The normalized spacial score (nSPS) is 10.3. The summed E-state index contributed by atoms with van der Waals surface area (Å²) in [6, 6.07) is 3.85. The summed E-state index contributed by atoms with van der Waals surface area (Å²) >= 11 is 0. The van der Waals surface area contributed by atoms with Gasteiger partial charge < -0.3 is 0 Å². The fourth-order valence-electron chi connectivity index (χ4n) is 1.13. The van der Waals surface area contributed by atoms with E-state index in [4.69, 9.17) is 0 Å². The van der Waals surface area contributed by atoms with Crippen molar-refractivity contribution >= 4 is 21.8 Å². The van der Waals surface area contributed by atoms with Crippen molar-refractivity contribution in [3.05, 3.63) is 30.5 Å². The summed E-state index contributed by atoms with van der Waals surface area (Å²) in [5.74, 6) is 0.727. The Morgan fingerprint density at radius 2 is 2.29 bits per heavy atom. The van der Waals surface area contributed by atoms with Gasteiger partial charge in [-0.1, -0.05) is 18.7 Å². The molecule has 1 N–H and O–H groups in total. The summed E-state index contributed by atoms with van der Waals surface area (Å²) in [6.07, 6.45) is 3.52. The molecular formula is C9H10N4Si. The summed E-state index contributed by atoms with van der Waals surface area (Å²) in [7, 11) is 0.847. The first-order valence-electron chi connectivity index (χ1n) is 4.27. The minimum Gasteiger partial charge on any atom is -0.258 e. The molecule has 2 rings (SSSR count). The van der Waals surface area contributed by atoms with Crippen LogP contribution in [0.1, 0.15) is 5.56 Å². The lowest BCUT2D eigenvalue weighted by molar-refractivity contribution is 1.10. The van der Waals surface area contributed by atoms with Gasteiger partial charge in [0.15, 0.2) is 5.82 Å². The number of rotatable bonds is 2. The number of H-pyrrole nitrogens is 1. The molecule has 0 fully saturated rings. The van der Waals surface area contributed by atoms with E-state index < -0.39 is 0 Å². The quantitative estimate of drug-likeness (QED) is 0.668. The average molecular weight is 202 g/mol. The van der Waals surface area contributed by atoms with E-state index in [-0.39, 0.29) is 0 Å². The zero-order valence-corrected chi connectivity index (χ0v) is 9.86. The second-order valence-electron chi connectivity index (χ2n) is 2.91. The molecule has 2 aromatic heterocycles. The molecule has 0 atom stereocenters. The first-order chi connectivity index (χ1) is 6.79. The van der Waals surface area contributed by atoms with Crippen molar-refractivity contribution in [1.82, 2.24) is 20.2 Å². The third-order valence-corrected chi connectivity index (χ3v) is 2.31. The van der Waals surface area contributed by atoms with E-state index in [1.807, 2.05) is 12.1 Å². The Morgan fingerprint density at radius 1 is 1.43 bits per heavy atom. The standard InChI is InChI=1S/C9H10N4Si/c1-2-6-3-4-7(10-5-6)8-11-9(14)13-12-8/h2-5H,1H2,14H3,(H,11,12,13). The third-order valence-electron chi connectivity index (χ3n) is 1.86. The Labute approximate surface area is 84.5 Å². The molecule has 0 aromatic carbocycles. The topological polar surface area (TPSA) is 54.5 Å². The number of nitrogens with one attached hydrogen (secondary N) is 1. The molecule has 2 aromatic rings. The fourth-order valence-corrected chi connectivity index (χ4v) is 1.46. The lowest BCUT2D eigenvalue weighted by Gasteiger charge is -1.95. The lowest BCUT2D eigenvalue weighted by Crippen LogP contribution is -2.05. The number of pyridine rings is 1. The Balaban J connectivity index is 2.38. The van der Waals surface area contributed by atoms with Crippen molar-refractivity contribution in [2.45, 2.75) is 0 Å². The van der Waals surface area contributed by atoms with Crippen molar-refractivity contribution in [2.24, 2.45) is 0 Å². The zero-order valence-electron chi connectivity index (χ0n) is 7.86. The van der Waals surface area contributed by atoms with Crippen molar-refractivity contribution in [3.8, 4) is 11.5 Å². The van der Waals surface area contributed by atoms with Gasteiger partial charge in [-0.25, -0.2) is 4.98 Å². The van der Waals surface area contributed by atoms with E-state index in [1.165, 1.54) is 0 Å². The Kier molecular flexibility index (Phi) is 2.24. The number of aromatic nitrogens is 4. The van der Waals surface area contributed by atoms with Crippen LogP contribution in [0.15, 0.2) is 24.9 Å². The number of hydrogen-bond acceptors (Lipinski definition) is 3. The Hall–Kier alpha value is -1.75. The Morgan fingerprint density at radius 3 is 2.79 bits per heavy atom. The molecule has 0 aliphatic heterocycles. The van der Waals surface area contributed by atoms with Crippen LogP contribution in [-0.2, 0) is 0 Å².